The molecule has 0 saturated carbocycles. The van der Waals surface area contributed by atoms with E-state index in [0.29, 0.717) is 6.04 Å². The van der Waals surface area contributed by atoms with Gasteiger partial charge in [0.2, 0.25) is 0 Å². The van der Waals surface area contributed by atoms with Gasteiger partial charge < -0.3 is 10.1 Å². The topological polar surface area (TPSA) is 21.3 Å². The molecular weight excluding hydrogens is 278 g/mol. The lowest BCUT2D eigenvalue weighted by molar-refractivity contribution is 0.413. The Bertz CT molecular complexity index is 583. The van der Waals surface area contributed by atoms with Crippen molar-refractivity contribution in [2.75, 3.05) is 7.11 Å². The van der Waals surface area contributed by atoms with Gasteiger partial charge in [-0.3, -0.25) is 0 Å². The van der Waals surface area contributed by atoms with Crippen LogP contribution < -0.4 is 10.1 Å². The summed E-state index contributed by atoms with van der Waals surface area (Å²) in [4.78, 5) is 2.82. The molecule has 0 saturated heterocycles. The lowest BCUT2D eigenvalue weighted by Gasteiger charge is -2.16. The second-order valence-corrected chi connectivity index (χ2v) is 7.56. The number of nitrogens with one attached hydrogen (secondary N) is 1. The van der Waals surface area contributed by atoms with E-state index in [1.54, 1.807) is 7.11 Å². The monoisotopic (exact) mass is 303 g/mol. The molecule has 2 aromatic rings. The quantitative estimate of drug-likeness (QED) is 0.848. The van der Waals surface area contributed by atoms with Gasteiger partial charge in [0.25, 0.3) is 0 Å². The second-order valence-electron chi connectivity index (χ2n) is 6.40. The van der Waals surface area contributed by atoms with E-state index in [4.69, 9.17) is 4.74 Å². The van der Waals surface area contributed by atoms with Crippen LogP contribution in [0, 0.1) is 0 Å². The minimum Gasteiger partial charge on any atom is -0.497 e. The van der Waals surface area contributed by atoms with Gasteiger partial charge in [-0.25, -0.2) is 0 Å². The number of benzene rings is 1. The molecule has 0 aliphatic carbocycles. The van der Waals surface area contributed by atoms with E-state index in [-0.39, 0.29) is 5.41 Å². The van der Waals surface area contributed by atoms with Crippen LogP contribution in [0.15, 0.2) is 36.4 Å². The summed E-state index contributed by atoms with van der Waals surface area (Å²) in [6.07, 6.45) is 0. The molecule has 1 N–H and O–H groups in total. The smallest absolute Gasteiger partial charge is 0.119 e. The summed E-state index contributed by atoms with van der Waals surface area (Å²) in [5.74, 6) is 0.910. The van der Waals surface area contributed by atoms with E-state index in [1.165, 1.54) is 15.3 Å². The number of hydrogen-bond acceptors (Lipinski definition) is 3. The van der Waals surface area contributed by atoms with Crippen LogP contribution in [0.1, 0.15) is 49.1 Å². The third-order valence-electron chi connectivity index (χ3n) is 3.58. The van der Waals surface area contributed by atoms with Crippen LogP contribution in [-0.2, 0) is 12.0 Å². The Kier molecular flexibility index (Phi) is 5.07. The Hall–Kier alpha value is -1.32. The Morgan fingerprint density at radius 2 is 1.95 bits per heavy atom. The SMILES string of the molecule is COc1cccc([C@H](C)NCc2ccc(C(C)(C)C)s2)c1. The first-order chi connectivity index (χ1) is 9.90. The first-order valence-corrected chi connectivity index (χ1v) is 8.18. The predicted molar refractivity (Wildman–Crippen MR) is 91.3 cm³/mol. The van der Waals surface area contributed by atoms with E-state index >= 15 is 0 Å². The van der Waals surface area contributed by atoms with Crippen molar-refractivity contribution in [3.63, 3.8) is 0 Å². The minimum atomic E-state index is 0.237. The van der Waals surface area contributed by atoms with Gasteiger partial charge in [-0.05, 0) is 42.2 Å². The molecule has 0 radical (unpaired) electrons. The third-order valence-corrected chi connectivity index (χ3v) is 5.09. The zero-order valence-corrected chi connectivity index (χ0v) is 14.4. The zero-order valence-electron chi connectivity index (χ0n) is 13.6. The van der Waals surface area contributed by atoms with E-state index in [1.807, 2.05) is 23.5 Å². The molecule has 0 amide bonds. The summed E-state index contributed by atoms with van der Waals surface area (Å²) in [6, 6.07) is 13.0. The molecule has 114 valence electrons. The van der Waals surface area contributed by atoms with Crippen LogP contribution in [0.2, 0.25) is 0 Å². The largest absolute Gasteiger partial charge is 0.497 e. The second kappa shape index (κ2) is 6.63. The van der Waals surface area contributed by atoms with E-state index in [9.17, 15) is 0 Å². The fraction of sp³-hybridized carbons (Fsp3) is 0.444. The molecule has 0 unspecified atom stereocenters. The zero-order chi connectivity index (χ0) is 15.5. The fourth-order valence-corrected chi connectivity index (χ4v) is 3.17. The van der Waals surface area contributed by atoms with Crippen molar-refractivity contribution in [1.82, 2.24) is 5.32 Å². The predicted octanol–water partition coefficient (Wildman–Crippen LogP) is 4.91. The maximum atomic E-state index is 5.28. The van der Waals surface area contributed by atoms with E-state index < -0.39 is 0 Å². The molecular formula is C18H25NOS. The van der Waals surface area contributed by atoms with Crippen molar-refractivity contribution < 1.29 is 4.74 Å². The number of thiophene rings is 1. The summed E-state index contributed by atoms with van der Waals surface area (Å²) in [6.45, 7) is 9.87. The van der Waals surface area contributed by atoms with Gasteiger partial charge in [-0.2, -0.15) is 0 Å². The van der Waals surface area contributed by atoms with Gasteiger partial charge in [0.1, 0.15) is 5.75 Å². The highest BCUT2D eigenvalue weighted by Gasteiger charge is 2.16. The molecule has 1 aromatic heterocycles. The van der Waals surface area contributed by atoms with E-state index in [0.717, 1.165) is 12.3 Å². The Morgan fingerprint density at radius 1 is 1.19 bits per heavy atom. The lowest BCUT2D eigenvalue weighted by Crippen LogP contribution is -2.17. The van der Waals surface area contributed by atoms with Gasteiger partial charge >= 0.3 is 0 Å². The normalized spacial score (nSPS) is 13.2. The molecule has 2 rings (SSSR count). The van der Waals surface area contributed by atoms with Gasteiger partial charge in [0.05, 0.1) is 7.11 Å². The summed E-state index contributed by atoms with van der Waals surface area (Å²) in [5, 5.41) is 3.59. The maximum Gasteiger partial charge on any atom is 0.119 e. The van der Waals surface area contributed by atoms with Crippen LogP contribution >= 0.6 is 11.3 Å². The van der Waals surface area contributed by atoms with E-state index in [2.05, 4.69) is 57.3 Å². The third kappa shape index (κ3) is 4.32. The van der Waals surface area contributed by atoms with Crippen LogP contribution in [-0.4, -0.2) is 7.11 Å². The van der Waals surface area contributed by atoms with Gasteiger partial charge in [-0.1, -0.05) is 32.9 Å². The van der Waals surface area contributed by atoms with Crippen molar-refractivity contribution >= 4 is 11.3 Å². The Morgan fingerprint density at radius 3 is 2.57 bits per heavy atom. The molecule has 0 fully saturated rings. The van der Waals surface area contributed by atoms with Crippen LogP contribution in [0.3, 0.4) is 0 Å². The molecule has 1 heterocycles. The summed E-state index contributed by atoms with van der Waals surface area (Å²) >= 11 is 1.90. The van der Waals surface area contributed by atoms with Crippen LogP contribution in [0.5, 0.6) is 5.75 Å². The van der Waals surface area contributed by atoms with Crippen LogP contribution in [0.4, 0.5) is 0 Å². The number of hydrogen-bond donors (Lipinski definition) is 1. The number of ether oxygens (including phenoxy) is 1. The van der Waals surface area contributed by atoms with Gasteiger partial charge in [0.15, 0.2) is 0 Å². The highest BCUT2D eigenvalue weighted by Crippen LogP contribution is 2.29. The summed E-state index contributed by atoms with van der Waals surface area (Å²) in [7, 11) is 1.71. The molecule has 3 heteroatoms. The maximum absolute atomic E-state index is 5.28. The van der Waals surface area contributed by atoms with Gasteiger partial charge in [-0.15, -0.1) is 11.3 Å². The molecule has 1 atom stereocenters. The Labute approximate surface area is 132 Å². The van der Waals surface area contributed by atoms with Crippen molar-refractivity contribution in [1.29, 1.82) is 0 Å². The van der Waals surface area contributed by atoms with Crippen LogP contribution in [0.25, 0.3) is 0 Å². The van der Waals surface area contributed by atoms with Crippen molar-refractivity contribution in [2.24, 2.45) is 0 Å². The fourth-order valence-electron chi connectivity index (χ4n) is 2.16. The molecule has 1 aromatic carbocycles. The minimum absolute atomic E-state index is 0.237. The average Bonchev–Trinajstić information content (AvgIpc) is 2.94. The summed E-state index contributed by atoms with van der Waals surface area (Å²) in [5.41, 5.74) is 1.49. The highest BCUT2D eigenvalue weighted by molar-refractivity contribution is 7.12. The van der Waals surface area contributed by atoms with Crippen molar-refractivity contribution in [3.8, 4) is 5.75 Å². The molecule has 0 bridgehead atoms. The molecule has 2 nitrogen and oxygen atoms in total. The van der Waals surface area contributed by atoms with Crippen molar-refractivity contribution in [3.05, 3.63) is 51.7 Å². The molecule has 0 aliphatic rings. The van der Waals surface area contributed by atoms with Gasteiger partial charge in [0, 0.05) is 22.3 Å². The molecule has 21 heavy (non-hydrogen) atoms. The Balaban J connectivity index is 1.97. The standard InChI is InChI=1S/C18H25NOS/c1-13(14-7-6-8-15(11-14)20-5)19-12-16-9-10-17(21-16)18(2,3)4/h6-11,13,19H,12H2,1-5H3/t13-/m0/s1. The van der Waals surface area contributed by atoms with Crippen molar-refractivity contribution in [2.45, 2.75) is 45.7 Å². The molecule has 0 aliphatic heterocycles. The lowest BCUT2D eigenvalue weighted by atomic mass is 9.95. The number of methoxy groups -OCH3 is 1. The summed E-state index contributed by atoms with van der Waals surface area (Å²) < 4.78 is 5.28. The average molecular weight is 303 g/mol. The molecule has 0 spiro atoms. The first kappa shape index (κ1) is 16.1. The number of rotatable bonds is 5. The highest BCUT2D eigenvalue weighted by atomic mass is 32.1. The first-order valence-electron chi connectivity index (χ1n) is 7.36.